The van der Waals surface area contributed by atoms with Gasteiger partial charge in [0, 0.05) is 5.69 Å². The monoisotopic (exact) mass is 299 g/mol. The lowest BCUT2D eigenvalue weighted by molar-refractivity contribution is 0.144. The van der Waals surface area contributed by atoms with E-state index in [1.54, 1.807) is 12.1 Å². The predicted octanol–water partition coefficient (Wildman–Crippen LogP) is 1.02. The number of aliphatic hydroxyl groups excluding tert-OH is 1. The van der Waals surface area contributed by atoms with Crippen molar-refractivity contribution in [1.82, 2.24) is 0 Å². The third-order valence-corrected chi connectivity index (χ3v) is 4.58. The van der Waals surface area contributed by atoms with Crippen LogP contribution in [0, 0.1) is 0 Å². The largest absolute Gasteiger partial charge is 0.399 e. The summed E-state index contributed by atoms with van der Waals surface area (Å²) >= 11 is 0. The van der Waals surface area contributed by atoms with Crippen LogP contribution in [0.25, 0.3) is 0 Å². The van der Waals surface area contributed by atoms with E-state index >= 15 is 0 Å². The summed E-state index contributed by atoms with van der Waals surface area (Å²) in [5.41, 5.74) is 6.34. The molecule has 2 atom stereocenters. The second kappa shape index (κ2) is 5.99. The lowest BCUT2D eigenvalue weighted by atomic mass is 10.1. The fraction of sp³-hybridized carbons (Fsp3) is 0.538. The zero-order chi connectivity index (χ0) is 14.8. The number of nitrogens with two attached hydrogens (primary N) is 2. The maximum atomic E-state index is 11.6. The molecule has 2 rings (SSSR count). The molecule has 1 aliphatic rings. The van der Waals surface area contributed by atoms with Crippen LogP contribution in [0.1, 0.15) is 32.1 Å². The van der Waals surface area contributed by atoms with Crippen molar-refractivity contribution in [1.29, 1.82) is 0 Å². The third-order valence-electron chi connectivity index (χ3n) is 3.63. The van der Waals surface area contributed by atoms with Crippen molar-refractivity contribution < 1.29 is 13.5 Å². The molecule has 0 aliphatic heterocycles. The number of benzene rings is 1. The van der Waals surface area contributed by atoms with Crippen molar-refractivity contribution in [2.45, 2.75) is 49.1 Å². The van der Waals surface area contributed by atoms with Gasteiger partial charge in [0.25, 0.3) is 0 Å². The Bertz CT molecular complexity index is 574. The Labute approximate surface area is 119 Å². The van der Waals surface area contributed by atoms with Gasteiger partial charge in [-0.3, -0.25) is 0 Å². The van der Waals surface area contributed by atoms with Crippen LogP contribution < -0.4 is 16.2 Å². The van der Waals surface area contributed by atoms with E-state index in [-0.39, 0.29) is 10.9 Å². The smallest absolute Gasteiger partial charge is 0.240 e. The van der Waals surface area contributed by atoms with Crippen molar-refractivity contribution >= 4 is 21.4 Å². The van der Waals surface area contributed by atoms with Crippen LogP contribution in [-0.4, -0.2) is 25.7 Å². The molecule has 20 heavy (non-hydrogen) atoms. The average Bonchev–Trinajstić information content (AvgIpc) is 2.56. The molecule has 6 N–H and O–H groups in total. The lowest BCUT2D eigenvalue weighted by Crippen LogP contribution is -2.33. The normalized spacial score (nSPS) is 24.1. The van der Waals surface area contributed by atoms with E-state index in [1.807, 2.05) is 0 Å². The molecule has 1 fully saturated rings. The average molecular weight is 299 g/mol. The predicted molar refractivity (Wildman–Crippen MR) is 78.7 cm³/mol. The van der Waals surface area contributed by atoms with Crippen LogP contribution in [0.2, 0.25) is 0 Å². The van der Waals surface area contributed by atoms with Gasteiger partial charge in [-0.15, -0.1) is 0 Å². The molecule has 2 unspecified atom stereocenters. The fourth-order valence-electron chi connectivity index (χ4n) is 2.55. The third kappa shape index (κ3) is 3.62. The van der Waals surface area contributed by atoms with Crippen molar-refractivity contribution in [3.05, 3.63) is 18.2 Å². The molecule has 0 saturated heterocycles. The van der Waals surface area contributed by atoms with E-state index in [0.717, 1.165) is 32.1 Å². The summed E-state index contributed by atoms with van der Waals surface area (Å²) in [4.78, 5) is -0.0334. The Morgan fingerprint density at radius 1 is 1.20 bits per heavy atom. The molecule has 1 aliphatic carbocycles. The number of nitrogens with one attached hydrogen (secondary N) is 1. The van der Waals surface area contributed by atoms with Crippen LogP contribution in [0.15, 0.2) is 23.1 Å². The molecule has 1 aromatic carbocycles. The van der Waals surface area contributed by atoms with Gasteiger partial charge in [-0.05, 0) is 31.0 Å². The fourth-order valence-corrected chi connectivity index (χ4v) is 3.28. The number of hydrogen-bond donors (Lipinski definition) is 4. The molecule has 0 aromatic heterocycles. The topological polar surface area (TPSA) is 118 Å². The summed E-state index contributed by atoms with van der Waals surface area (Å²) in [5, 5.41) is 18.4. The first-order valence-corrected chi connectivity index (χ1v) is 8.29. The molecule has 0 amide bonds. The van der Waals surface area contributed by atoms with Crippen molar-refractivity contribution in [3.63, 3.8) is 0 Å². The van der Waals surface area contributed by atoms with Gasteiger partial charge in [-0.2, -0.15) is 0 Å². The Kier molecular flexibility index (Phi) is 4.52. The van der Waals surface area contributed by atoms with Gasteiger partial charge in [0.15, 0.2) is 0 Å². The first-order chi connectivity index (χ1) is 9.38. The van der Waals surface area contributed by atoms with E-state index < -0.39 is 16.1 Å². The summed E-state index contributed by atoms with van der Waals surface area (Å²) < 4.78 is 23.2. The molecule has 1 aromatic rings. The zero-order valence-corrected chi connectivity index (χ0v) is 12.1. The van der Waals surface area contributed by atoms with Crippen LogP contribution in [0.3, 0.4) is 0 Å². The number of aliphatic hydroxyl groups is 1. The summed E-state index contributed by atoms with van der Waals surface area (Å²) in [5.74, 6) is 0. The highest BCUT2D eigenvalue weighted by Crippen LogP contribution is 2.27. The zero-order valence-electron chi connectivity index (χ0n) is 11.2. The van der Waals surface area contributed by atoms with Gasteiger partial charge in [0.2, 0.25) is 10.0 Å². The van der Waals surface area contributed by atoms with E-state index in [4.69, 9.17) is 10.9 Å². The van der Waals surface area contributed by atoms with E-state index in [1.165, 1.54) is 6.07 Å². The number of primary sulfonamides is 1. The summed E-state index contributed by atoms with van der Waals surface area (Å²) in [7, 11) is -3.86. The van der Waals surface area contributed by atoms with Crippen molar-refractivity contribution in [2.24, 2.45) is 5.14 Å². The van der Waals surface area contributed by atoms with Gasteiger partial charge in [-0.1, -0.05) is 19.3 Å². The molecule has 0 heterocycles. The van der Waals surface area contributed by atoms with Crippen LogP contribution in [-0.2, 0) is 10.0 Å². The quantitative estimate of drug-likeness (QED) is 0.491. The first-order valence-electron chi connectivity index (χ1n) is 6.75. The molecule has 112 valence electrons. The van der Waals surface area contributed by atoms with Crippen LogP contribution >= 0.6 is 0 Å². The second-order valence-corrected chi connectivity index (χ2v) is 6.79. The summed E-state index contributed by atoms with van der Waals surface area (Å²) in [6.07, 6.45) is 4.12. The minimum absolute atomic E-state index is 0.0334. The summed E-state index contributed by atoms with van der Waals surface area (Å²) in [6, 6.07) is 4.37. The molecule has 0 radical (unpaired) electrons. The van der Waals surface area contributed by atoms with Crippen molar-refractivity contribution in [3.8, 4) is 0 Å². The molecule has 0 spiro atoms. The van der Waals surface area contributed by atoms with Gasteiger partial charge >= 0.3 is 0 Å². The number of anilines is 2. The highest BCUT2D eigenvalue weighted by atomic mass is 32.2. The van der Waals surface area contributed by atoms with Gasteiger partial charge < -0.3 is 16.2 Å². The van der Waals surface area contributed by atoms with Crippen LogP contribution in [0.4, 0.5) is 11.4 Å². The highest BCUT2D eigenvalue weighted by molar-refractivity contribution is 7.89. The molecular formula is C13H21N3O3S. The maximum absolute atomic E-state index is 11.6. The molecule has 6 nitrogen and oxygen atoms in total. The molecule has 0 bridgehead atoms. The first kappa shape index (κ1) is 15.1. The molecule has 7 heteroatoms. The standard InChI is InChI=1S/C13H21N3O3S/c14-9-6-7-11(13(8-9)20(15,18)19)16-10-4-2-1-3-5-12(10)17/h6-8,10,12,16-17H,1-5,14H2,(H2,15,18,19). The molecule has 1 saturated carbocycles. The van der Waals surface area contributed by atoms with Gasteiger partial charge in [0.1, 0.15) is 4.90 Å². The Morgan fingerprint density at radius 3 is 2.60 bits per heavy atom. The van der Waals surface area contributed by atoms with Gasteiger partial charge in [-0.25, -0.2) is 13.6 Å². The number of rotatable bonds is 3. The molecular weight excluding hydrogens is 278 g/mol. The van der Waals surface area contributed by atoms with Crippen molar-refractivity contribution in [2.75, 3.05) is 11.1 Å². The van der Waals surface area contributed by atoms with E-state index in [0.29, 0.717) is 11.4 Å². The van der Waals surface area contributed by atoms with Gasteiger partial charge in [0.05, 0.1) is 17.8 Å². The number of sulfonamides is 1. The number of nitrogen functional groups attached to an aromatic ring is 1. The van der Waals surface area contributed by atoms with Crippen LogP contribution in [0.5, 0.6) is 0 Å². The minimum Gasteiger partial charge on any atom is -0.399 e. The summed E-state index contributed by atoms with van der Waals surface area (Å²) in [6.45, 7) is 0. The SMILES string of the molecule is Nc1ccc(NC2CCCCCC2O)c(S(N)(=O)=O)c1. The lowest BCUT2D eigenvalue weighted by Gasteiger charge is -2.24. The van der Waals surface area contributed by atoms with E-state index in [2.05, 4.69) is 5.32 Å². The Morgan fingerprint density at radius 2 is 1.90 bits per heavy atom. The Hall–Kier alpha value is -1.31. The maximum Gasteiger partial charge on any atom is 0.240 e. The Balaban J connectivity index is 2.28. The minimum atomic E-state index is -3.86. The highest BCUT2D eigenvalue weighted by Gasteiger charge is 2.24. The second-order valence-electron chi connectivity index (χ2n) is 5.26. The number of hydrogen-bond acceptors (Lipinski definition) is 5. The van der Waals surface area contributed by atoms with E-state index in [9.17, 15) is 13.5 Å².